The van der Waals surface area contributed by atoms with E-state index < -0.39 is 39.6 Å². The van der Waals surface area contributed by atoms with Gasteiger partial charge in [0.15, 0.2) is 16.6 Å². The number of allylic oxidation sites excluding steroid dienone is 4. The van der Waals surface area contributed by atoms with Gasteiger partial charge in [0, 0.05) is 30.5 Å². The van der Waals surface area contributed by atoms with Crippen molar-refractivity contribution in [1.29, 1.82) is 0 Å². The van der Waals surface area contributed by atoms with Gasteiger partial charge in [-0.25, -0.2) is 8.78 Å². The van der Waals surface area contributed by atoms with Crippen molar-refractivity contribution in [3.63, 3.8) is 0 Å². The number of rotatable bonds is 4. The molecular weight excluding hydrogens is 540 g/mol. The van der Waals surface area contributed by atoms with Gasteiger partial charge in [-0.3, -0.25) is 14.5 Å². The van der Waals surface area contributed by atoms with Crippen molar-refractivity contribution < 1.29 is 23.5 Å². The smallest absolute Gasteiger partial charge is 0.198 e. The fourth-order valence-corrected chi connectivity index (χ4v) is 11.1. The van der Waals surface area contributed by atoms with Crippen LogP contribution >= 0.6 is 23.4 Å². The van der Waals surface area contributed by atoms with Gasteiger partial charge in [0.1, 0.15) is 6.17 Å². The minimum Gasteiger partial charge on any atom is -0.390 e. The van der Waals surface area contributed by atoms with E-state index in [1.165, 1.54) is 18.2 Å². The maximum absolute atomic E-state index is 17.9. The van der Waals surface area contributed by atoms with Gasteiger partial charge in [-0.05, 0) is 66.7 Å². The number of fused-ring (bicyclic) bond motifs is 7. The Balaban J connectivity index is 1.45. The van der Waals surface area contributed by atoms with Gasteiger partial charge in [0.25, 0.3) is 0 Å². The summed E-state index contributed by atoms with van der Waals surface area (Å²) in [6.07, 6.45) is 1.60. The van der Waals surface area contributed by atoms with Crippen LogP contribution in [0.3, 0.4) is 0 Å². The Labute approximate surface area is 238 Å². The Bertz CT molecular complexity index is 1280. The zero-order valence-electron chi connectivity index (χ0n) is 22.6. The SMILES string of the molecule is C[C@]12C=CC(=O)C=C1[C@@H](F)C[C@@]1(C)[C@@H]3C[C@H]4CN(Cc5ccccc5)C[C@@]4(C(=O)SCCl)[C@@]3(C)C[C@H](O)[C@]21F. The minimum absolute atomic E-state index is 0.00668. The highest BCUT2D eigenvalue weighted by Gasteiger charge is 2.81. The number of benzene rings is 1. The van der Waals surface area contributed by atoms with Crippen LogP contribution < -0.4 is 0 Å². The third-order valence-electron chi connectivity index (χ3n) is 11.6. The molecule has 4 nitrogen and oxygen atoms in total. The third-order valence-corrected chi connectivity index (χ3v) is 12.7. The predicted octanol–water partition coefficient (Wildman–Crippen LogP) is 5.88. The molecule has 1 aliphatic heterocycles. The normalized spacial score (nSPS) is 46.7. The molecule has 8 heteroatoms. The van der Waals surface area contributed by atoms with Crippen molar-refractivity contribution in [3.8, 4) is 0 Å². The molecule has 210 valence electrons. The Hall–Kier alpha value is -1.54. The van der Waals surface area contributed by atoms with E-state index in [1.54, 1.807) is 13.8 Å². The Morgan fingerprint density at radius 1 is 1.18 bits per heavy atom. The zero-order chi connectivity index (χ0) is 28.0. The second kappa shape index (κ2) is 8.98. The molecule has 6 rings (SSSR count). The number of likely N-dealkylation sites (tertiary alicyclic amines) is 1. The molecule has 1 aromatic rings. The number of ketones is 1. The first kappa shape index (κ1) is 27.6. The van der Waals surface area contributed by atoms with Crippen LogP contribution in [-0.2, 0) is 16.1 Å². The number of alkyl halides is 3. The molecule has 4 fully saturated rings. The zero-order valence-corrected chi connectivity index (χ0v) is 24.2. The maximum atomic E-state index is 17.9. The van der Waals surface area contributed by atoms with Crippen LogP contribution in [0, 0.1) is 33.5 Å². The molecule has 0 spiro atoms. The van der Waals surface area contributed by atoms with Crippen molar-refractivity contribution in [2.24, 2.45) is 33.5 Å². The molecule has 4 aliphatic carbocycles. The number of nitrogens with zero attached hydrogens (tertiary/aromatic N) is 1. The lowest BCUT2D eigenvalue weighted by Crippen LogP contribution is -2.74. The van der Waals surface area contributed by atoms with E-state index in [1.807, 2.05) is 25.1 Å². The fourth-order valence-electron chi connectivity index (χ4n) is 10.0. The van der Waals surface area contributed by atoms with E-state index >= 15 is 8.78 Å². The number of hydrogen-bond acceptors (Lipinski definition) is 5. The van der Waals surface area contributed by atoms with Crippen LogP contribution in [0.5, 0.6) is 0 Å². The summed E-state index contributed by atoms with van der Waals surface area (Å²) < 4.78 is 33.9. The number of aliphatic hydroxyl groups excluding tert-OH is 1. The van der Waals surface area contributed by atoms with Crippen molar-refractivity contribution >= 4 is 34.3 Å². The number of carbonyl (C=O) groups excluding carboxylic acids is 2. The highest BCUT2D eigenvalue weighted by Crippen LogP contribution is 2.78. The minimum atomic E-state index is -2.19. The number of hydrogen-bond donors (Lipinski definition) is 1. The largest absolute Gasteiger partial charge is 0.390 e. The van der Waals surface area contributed by atoms with Crippen LogP contribution in [0.4, 0.5) is 8.78 Å². The third kappa shape index (κ3) is 3.36. The number of thioether (sulfide) groups is 1. The van der Waals surface area contributed by atoms with E-state index in [4.69, 9.17) is 11.6 Å². The highest BCUT2D eigenvalue weighted by atomic mass is 35.5. The lowest BCUT2D eigenvalue weighted by Gasteiger charge is -2.68. The van der Waals surface area contributed by atoms with E-state index in [2.05, 4.69) is 17.0 Å². The molecule has 0 unspecified atom stereocenters. The topological polar surface area (TPSA) is 57.6 Å². The van der Waals surface area contributed by atoms with Crippen molar-refractivity contribution in [2.75, 3.05) is 18.3 Å². The van der Waals surface area contributed by atoms with Crippen LogP contribution in [0.2, 0.25) is 0 Å². The van der Waals surface area contributed by atoms with Gasteiger partial charge >= 0.3 is 0 Å². The van der Waals surface area contributed by atoms with Crippen LogP contribution in [0.15, 0.2) is 54.1 Å². The van der Waals surface area contributed by atoms with Gasteiger partial charge in [0.2, 0.25) is 0 Å². The van der Waals surface area contributed by atoms with Crippen LogP contribution in [-0.4, -0.2) is 57.2 Å². The first-order valence-corrected chi connectivity index (χ1v) is 15.4. The average molecular weight is 576 g/mol. The summed E-state index contributed by atoms with van der Waals surface area (Å²) >= 11 is 7.19. The first-order valence-electron chi connectivity index (χ1n) is 13.8. The molecular formula is C31H36ClF2NO3S. The lowest BCUT2D eigenvalue weighted by molar-refractivity contribution is -0.253. The molecule has 9 atom stereocenters. The summed E-state index contributed by atoms with van der Waals surface area (Å²) in [5, 5.41) is 12.0. The maximum Gasteiger partial charge on any atom is 0.198 e. The Morgan fingerprint density at radius 3 is 2.59 bits per heavy atom. The monoisotopic (exact) mass is 575 g/mol. The van der Waals surface area contributed by atoms with Crippen LogP contribution in [0.1, 0.15) is 45.6 Å². The molecule has 5 aliphatic rings. The second-order valence-corrected chi connectivity index (χ2v) is 14.7. The van der Waals surface area contributed by atoms with Crippen molar-refractivity contribution in [1.82, 2.24) is 4.90 Å². The van der Waals surface area contributed by atoms with E-state index in [0.717, 1.165) is 17.3 Å². The summed E-state index contributed by atoms with van der Waals surface area (Å²) in [6, 6.07) is 10.1. The molecule has 0 radical (unpaired) electrons. The molecule has 1 heterocycles. The number of carbonyl (C=O) groups is 2. The van der Waals surface area contributed by atoms with Crippen LogP contribution in [0.25, 0.3) is 0 Å². The molecule has 0 bridgehead atoms. The molecule has 1 N–H and O–H groups in total. The van der Waals surface area contributed by atoms with Gasteiger partial charge < -0.3 is 5.11 Å². The summed E-state index contributed by atoms with van der Waals surface area (Å²) in [4.78, 5) is 28.6. The molecule has 39 heavy (non-hydrogen) atoms. The van der Waals surface area contributed by atoms with Gasteiger partial charge in [-0.2, -0.15) is 0 Å². The number of aliphatic hydroxyl groups is 1. The van der Waals surface area contributed by atoms with E-state index in [9.17, 15) is 14.7 Å². The summed E-state index contributed by atoms with van der Waals surface area (Å²) in [6.45, 7) is 7.32. The Morgan fingerprint density at radius 2 is 1.90 bits per heavy atom. The first-order chi connectivity index (χ1) is 18.4. The lowest BCUT2D eigenvalue weighted by atomic mass is 9.38. The standard InChI is InChI=1S/C31H36ClF2NO3S/c1-27-10-9-21(36)12-22(27)23(33)13-29(3)24-11-20-16-35(15-19-7-5-4-6-8-19)17-30(20,26(38)39-18-32)28(24,2)14-25(37)31(27,29)34/h4-10,12,20,23-25,37H,11,13-18H2,1-3H3/t20-,23-,24+,25-,27-,28-,29-,30+,31-/m0/s1. The molecule has 3 saturated carbocycles. The van der Waals surface area contributed by atoms with Gasteiger partial charge in [-0.1, -0.05) is 62.0 Å². The fraction of sp³-hybridized carbons (Fsp3) is 0.613. The summed E-state index contributed by atoms with van der Waals surface area (Å²) in [5.41, 5.74) is -5.21. The molecule has 1 saturated heterocycles. The van der Waals surface area contributed by atoms with E-state index in [-0.39, 0.29) is 46.4 Å². The molecule has 0 aromatic heterocycles. The Kier molecular flexibility index (Phi) is 6.36. The summed E-state index contributed by atoms with van der Waals surface area (Å²) in [5.74, 6) is -0.745. The predicted molar refractivity (Wildman–Crippen MR) is 150 cm³/mol. The number of halogens is 3. The average Bonchev–Trinajstić information content (AvgIpc) is 3.37. The second-order valence-electron chi connectivity index (χ2n) is 13.1. The van der Waals surface area contributed by atoms with E-state index in [0.29, 0.717) is 26.1 Å². The van der Waals surface area contributed by atoms with Gasteiger partial charge in [0.05, 0.1) is 16.7 Å². The van der Waals surface area contributed by atoms with Gasteiger partial charge in [-0.15, -0.1) is 11.6 Å². The molecule has 1 aromatic carbocycles. The van der Waals surface area contributed by atoms with Crippen molar-refractivity contribution in [3.05, 3.63) is 59.7 Å². The van der Waals surface area contributed by atoms with Crippen molar-refractivity contribution in [2.45, 2.75) is 64.5 Å². The quantitative estimate of drug-likeness (QED) is 0.454. The summed E-state index contributed by atoms with van der Waals surface area (Å²) in [7, 11) is 0. The molecule has 0 amide bonds. The highest BCUT2D eigenvalue weighted by molar-refractivity contribution is 8.14.